The first-order valence-corrected chi connectivity index (χ1v) is 10.8. The van der Waals surface area contributed by atoms with Crippen molar-refractivity contribution in [2.45, 2.75) is 44.4 Å². The second kappa shape index (κ2) is 8.83. The maximum absolute atomic E-state index is 5.89. The molecule has 29 heavy (non-hydrogen) atoms. The minimum Gasteiger partial charge on any atom is -0.399 e. The number of aromatic nitrogens is 2. The molecule has 1 saturated heterocycles. The molecule has 0 radical (unpaired) electrons. The largest absolute Gasteiger partial charge is 0.399 e. The predicted molar refractivity (Wildman–Crippen MR) is 122 cm³/mol. The van der Waals surface area contributed by atoms with Crippen LogP contribution < -0.4 is 5.73 Å². The van der Waals surface area contributed by atoms with E-state index in [-0.39, 0.29) is 0 Å². The minimum absolute atomic E-state index is 0.549. The molecule has 2 fully saturated rings. The number of nitrogens with two attached hydrogens (primary N) is 1. The molecule has 2 aliphatic rings. The van der Waals surface area contributed by atoms with E-state index in [0.29, 0.717) is 11.6 Å². The summed E-state index contributed by atoms with van der Waals surface area (Å²) in [5.41, 5.74) is 10.7. The number of hydrogen-bond donors (Lipinski definition) is 1. The van der Waals surface area contributed by atoms with Crippen LogP contribution in [0.4, 0.5) is 0 Å². The van der Waals surface area contributed by atoms with Gasteiger partial charge in [-0.25, -0.2) is 4.68 Å². The first-order chi connectivity index (χ1) is 14.1. The summed E-state index contributed by atoms with van der Waals surface area (Å²) in [6.07, 6.45) is 10.6. The minimum atomic E-state index is 0.549. The molecule has 0 spiro atoms. The van der Waals surface area contributed by atoms with Crippen molar-refractivity contribution in [2.24, 2.45) is 5.73 Å². The summed E-state index contributed by atoms with van der Waals surface area (Å²) in [5.74, 6) is 0.636. The fourth-order valence-electron chi connectivity index (χ4n) is 4.02. The summed E-state index contributed by atoms with van der Waals surface area (Å²) in [7, 11) is 2.21. The highest BCUT2D eigenvalue weighted by Crippen LogP contribution is 2.27. The van der Waals surface area contributed by atoms with Crippen LogP contribution in [0.5, 0.6) is 0 Å². The molecule has 2 heterocycles. The molecule has 2 aromatic carbocycles. The molecule has 1 aliphatic carbocycles. The van der Waals surface area contributed by atoms with Gasteiger partial charge in [0, 0.05) is 29.4 Å². The van der Waals surface area contributed by atoms with E-state index in [0.717, 1.165) is 28.7 Å². The van der Waals surface area contributed by atoms with Crippen LogP contribution in [0, 0.1) is 0 Å². The van der Waals surface area contributed by atoms with E-state index in [9.17, 15) is 0 Å². The Balaban J connectivity index is 0.000000458. The Hall–Kier alpha value is -2.59. The average molecular weight is 389 g/mol. The smallest absolute Gasteiger partial charge is 0.102 e. The molecule has 1 aliphatic heterocycles. The van der Waals surface area contributed by atoms with Crippen molar-refractivity contribution in [3.63, 3.8) is 0 Å². The van der Waals surface area contributed by atoms with Gasteiger partial charge in [-0.3, -0.25) is 0 Å². The van der Waals surface area contributed by atoms with Crippen LogP contribution in [0.1, 0.15) is 55.6 Å². The predicted octanol–water partition coefficient (Wildman–Crippen LogP) is 5.32. The summed E-state index contributed by atoms with van der Waals surface area (Å²) in [4.78, 5) is 2.42. The highest BCUT2D eigenvalue weighted by molar-refractivity contribution is 5.89. The lowest BCUT2D eigenvalue weighted by molar-refractivity contribution is 0.251. The van der Waals surface area contributed by atoms with Crippen LogP contribution in [-0.4, -0.2) is 34.8 Å². The lowest BCUT2D eigenvalue weighted by atomic mass is 9.91. The highest BCUT2D eigenvalue weighted by atomic mass is 15.3. The molecule has 2 N–H and O–H groups in total. The standard InChI is InChI=1S/C21H24N4.C4H8/c1-15(22)20-7-3-5-18-14-25(23-21(18)20)19-10-8-16(9-11-19)17-6-4-12-24(2)13-17;1-2-4-3-1/h3,5,7-11,14,17H,1,4,6,12-13,22H2,2H3;1-4H2. The number of hydrogen-bond acceptors (Lipinski definition) is 3. The van der Waals surface area contributed by atoms with Crippen molar-refractivity contribution >= 4 is 16.6 Å². The van der Waals surface area contributed by atoms with Crippen LogP contribution in [0.15, 0.2) is 55.2 Å². The fourth-order valence-corrected chi connectivity index (χ4v) is 4.02. The maximum Gasteiger partial charge on any atom is 0.102 e. The number of nitrogens with zero attached hydrogens (tertiary/aromatic N) is 3. The molecule has 0 amide bonds. The Kier molecular flexibility index (Phi) is 6.00. The van der Waals surface area contributed by atoms with Gasteiger partial charge in [-0.2, -0.15) is 5.10 Å². The molecule has 1 atom stereocenters. The van der Waals surface area contributed by atoms with Gasteiger partial charge in [-0.1, -0.05) is 62.6 Å². The van der Waals surface area contributed by atoms with Gasteiger partial charge < -0.3 is 10.6 Å². The number of fused-ring (bicyclic) bond motifs is 1. The van der Waals surface area contributed by atoms with E-state index >= 15 is 0 Å². The third-order valence-corrected chi connectivity index (χ3v) is 6.14. The Morgan fingerprint density at radius 1 is 1.03 bits per heavy atom. The van der Waals surface area contributed by atoms with Gasteiger partial charge in [0.1, 0.15) is 5.52 Å². The summed E-state index contributed by atoms with van der Waals surface area (Å²) >= 11 is 0. The van der Waals surface area contributed by atoms with Gasteiger partial charge >= 0.3 is 0 Å². The fraction of sp³-hybridized carbons (Fsp3) is 0.400. The second-order valence-corrected chi connectivity index (χ2v) is 8.45. The van der Waals surface area contributed by atoms with Crippen molar-refractivity contribution < 1.29 is 0 Å². The number of benzene rings is 2. The molecule has 0 bridgehead atoms. The van der Waals surface area contributed by atoms with E-state index in [1.807, 2.05) is 23.0 Å². The third-order valence-electron chi connectivity index (χ3n) is 6.14. The van der Waals surface area contributed by atoms with Crippen LogP contribution >= 0.6 is 0 Å². The van der Waals surface area contributed by atoms with Crippen molar-refractivity contribution in [2.75, 3.05) is 20.1 Å². The maximum atomic E-state index is 5.89. The van der Waals surface area contributed by atoms with Gasteiger partial charge in [-0.15, -0.1) is 0 Å². The molecule has 3 aromatic rings. The quantitative estimate of drug-likeness (QED) is 0.660. The van der Waals surface area contributed by atoms with Crippen LogP contribution in [0.3, 0.4) is 0 Å². The normalized spacial score (nSPS) is 19.3. The van der Waals surface area contributed by atoms with Crippen LogP contribution in [0.2, 0.25) is 0 Å². The lowest BCUT2D eigenvalue weighted by Gasteiger charge is -2.30. The monoisotopic (exact) mass is 388 g/mol. The molecule has 4 heteroatoms. The van der Waals surface area contributed by atoms with Crippen molar-refractivity contribution in [3.8, 4) is 5.69 Å². The Labute approximate surface area is 174 Å². The van der Waals surface area contributed by atoms with Gasteiger partial charge in [0.2, 0.25) is 0 Å². The zero-order valence-corrected chi connectivity index (χ0v) is 17.5. The van der Waals surface area contributed by atoms with Crippen LogP contribution in [-0.2, 0) is 0 Å². The van der Waals surface area contributed by atoms with E-state index < -0.39 is 0 Å². The van der Waals surface area contributed by atoms with Gasteiger partial charge in [0.15, 0.2) is 0 Å². The first-order valence-electron chi connectivity index (χ1n) is 10.8. The second-order valence-electron chi connectivity index (χ2n) is 8.45. The number of rotatable bonds is 3. The van der Waals surface area contributed by atoms with Gasteiger partial charge in [-0.05, 0) is 50.0 Å². The Morgan fingerprint density at radius 3 is 2.38 bits per heavy atom. The Bertz CT molecular complexity index is 962. The molecule has 5 rings (SSSR count). The summed E-state index contributed by atoms with van der Waals surface area (Å²) in [5, 5.41) is 5.80. The van der Waals surface area contributed by atoms with Crippen molar-refractivity contribution in [1.29, 1.82) is 0 Å². The Morgan fingerprint density at radius 2 is 1.76 bits per heavy atom. The number of piperidine rings is 1. The molecule has 152 valence electrons. The van der Waals surface area contributed by atoms with E-state index in [1.54, 1.807) is 0 Å². The summed E-state index contributed by atoms with van der Waals surface area (Å²) < 4.78 is 1.92. The van der Waals surface area contributed by atoms with E-state index in [2.05, 4.69) is 48.9 Å². The average Bonchev–Trinajstić information content (AvgIpc) is 3.11. The molecular weight excluding hydrogens is 356 g/mol. The SMILES string of the molecule is C1CCC1.C=C(N)c1cccc2cn(-c3ccc(C4CCCN(C)C4)cc3)nc12. The summed E-state index contributed by atoms with van der Waals surface area (Å²) in [6, 6.07) is 14.8. The third kappa shape index (κ3) is 4.54. The molecule has 1 unspecified atom stereocenters. The molecule has 1 aromatic heterocycles. The van der Waals surface area contributed by atoms with Crippen LogP contribution in [0.25, 0.3) is 22.3 Å². The van der Waals surface area contributed by atoms with Crippen molar-refractivity contribution in [1.82, 2.24) is 14.7 Å². The molecule has 1 saturated carbocycles. The number of likely N-dealkylation sites (N-methyl/N-ethyl adjacent to an activating group) is 1. The zero-order chi connectivity index (χ0) is 20.2. The lowest BCUT2D eigenvalue weighted by Crippen LogP contribution is -2.30. The highest BCUT2D eigenvalue weighted by Gasteiger charge is 2.18. The van der Waals surface area contributed by atoms with Crippen molar-refractivity contribution in [3.05, 3.63) is 66.4 Å². The van der Waals surface area contributed by atoms with E-state index in [4.69, 9.17) is 10.8 Å². The molecular formula is C25H32N4. The van der Waals surface area contributed by atoms with Gasteiger partial charge in [0.05, 0.1) is 5.69 Å². The van der Waals surface area contributed by atoms with Gasteiger partial charge in [0.25, 0.3) is 0 Å². The summed E-state index contributed by atoms with van der Waals surface area (Å²) in [6.45, 7) is 6.21. The number of likely N-dealkylation sites (tertiary alicyclic amines) is 1. The zero-order valence-electron chi connectivity index (χ0n) is 17.5. The topological polar surface area (TPSA) is 47.1 Å². The molecule has 4 nitrogen and oxygen atoms in total. The van der Waals surface area contributed by atoms with E-state index in [1.165, 1.54) is 50.6 Å². The first kappa shape index (κ1) is 19.7.